The lowest BCUT2D eigenvalue weighted by Crippen LogP contribution is -2.60. The van der Waals surface area contributed by atoms with Crippen molar-refractivity contribution in [1.82, 2.24) is 20.9 Å². The fourth-order valence-corrected chi connectivity index (χ4v) is 5.81. The first-order valence-corrected chi connectivity index (χ1v) is 12.8. The molecule has 3 aliphatic rings. The molecule has 2 saturated heterocycles. The van der Waals surface area contributed by atoms with Gasteiger partial charge in [-0.25, -0.2) is 0 Å². The fraction of sp³-hybridized carbons (Fsp3) is 0.808. The third kappa shape index (κ3) is 5.70. The van der Waals surface area contributed by atoms with Crippen LogP contribution < -0.4 is 16.0 Å². The maximum Gasteiger partial charge on any atom is 0.246 e. The zero-order valence-corrected chi connectivity index (χ0v) is 22.1. The molecule has 2 aliphatic heterocycles. The van der Waals surface area contributed by atoms with Crippen LogP contribution in [0.15, 0.2) is 0 Å². The summed E-state index contributed by atoms with van der Waals surface area (Å²) in [6.45, 7) is 14.8. The number of fused-ring (bicyclic) bond motifs is 1. The number of hydrogen-bond donors (Lipinski definition) is 3. The maximum absolute atomic E-state index is 13.8. The van der Waals surface area contributed by atoms with E-state index in [0.29, 0.717) is 32.2 Å². The SMILES string of the molecule is CC(C)CC(=O)N[C@H](C(=O)N1C[C@H]2[C@@H]([C@H]1C(=O)N[C@H](C=O)C[C@@H]1CCNC1=O)C2(C)C)C(C)(C)C. The third-order valence-corrected chi connectivity index (χ3v) is 7.97. The van der Waals surface area contributed by atoms with E-state index < -0.39 is 23.5 Å². The molecular weight excluding hydrogens is 448 g/mol. The van der Waals surface area contributed by atoms with E-state index in [0.717, 1.165) is 0 Å². The fourth-order valence-electron chi connectivity index (χ4n) is 5.81. The van der Waals surface area contributed by atoms with Crippen molar-refractivity contribution in [3.8, 4) is 0 Å². The molecule has 0 aromatic carbocycles. The second kappa shape index (κ2) is 9.90. The molecule has 2 heterocycles. The van der Waals surface area contributed by atoms with Crippen LogP contribution in [0.2, 0.25) is 0 Å². The van der Waals surface area contributed by atoms with E-state index in [-0.39, 0.29) is 59.1 Å². The van der Waals surface area contributed by atoms with Gasteiger partial charge in [0, 0.05) is 25.4 Å². The molecule has 9 heteroatoms. The lowest BCUT2D eigenvalue weighted by atomic mass is 9.85. The largest absolute Gasteiger partial charge is 0.356 e. The van der Waals surface area contributed by atoms with Gasteiger partial charge in [0.15, 0.2) is 0 Å². The highest BCUT2D eigenvalue weighted by Gasteiger charge is 2.69. The minimum Gasteiger partial charge on any atom is -0.356 e. The Morgan fingerprint density at radius 2 is 1.86 bits per heavy atom. The van der Waals surface area contributed by atoms with Crippen LogP contribution >= 0.6 is 0 Å². The van der Waals surface area contributed by atoms with Crippen LogP contribution in [0.25, 0.3) is 0 Å². The second-order valence-electron chi connectivity index (χ2n) is 12.6. The molecule has 1 aliphatic carbocycles. The Morgan fingerprint density at radius 1 is 1.20 bits per heavy atom. The molecule has 9 nitrogen and oxygen atoms in total. The number of nitrogens with zero attached hydrogens (tertiary/aromatic N) is 1. The van der Waals surface area contributed by atoms with Crippen molar-refractivity contribution in [2.24, 2.45) is 34.5 Å². The van der Waals surface area contributed by atoms with Gasteiger partial charge in [-0.1, -0.05) is 48.5 Å². The number of likely N-dealkylation sites (tertiary alicyclic amines) is 1. The maximum atomic E-state index is 13.8. The van der Waals surface area contributed by atoms with Crippen molar-refractivity contribution in [2.45, 2.75) is 85.9 Å². The van der Waals surface area contributed by atoms with Gasteiger partial charge in [0.2, 0.25) is 23.6 Å². The van der Waals surface area contributed by atoms with Gasteiger partial charge in [-0.15, -0.1) is 0 Å². The Balaban J connectivity index is 1.78. The minimum atomic E-state index is -0.793. The van der Waals surface area contributed by atoms with E-state index in [4.69, 9.17) is 0 Å². The summed E-state index contributed by atoms with van der Waals surface area (Å²) in [6.07, 6.45) is 1.87. The van der Waals surface area contributed by atoms with Crippen LogP contribution in [0.5, 0.6) is 0 Å². The first-order chi connectivity index (χ1) is 16.2. The summed E-state index contributed by atoms with van der Waals surface area (Å²) >= 11 is 0. The predicted octanol–water partition coefficient (Wildman–Crippen LogP) is 1.26. The van der Waals surface area contributed by atoms with Crippen molar-refractivity contribution in [1.29, 1.82) is 0 Å². The average Bonchev–Trinajstić information content (AvgIpc) is 3.09. The van der Waals surface area contributed by atoms with Crippen LogP contribution in [-0.4, -0.2) is 66.0 Å². The van der Waals surface area contributed by atoms with Crippen LogP contribution in [0, 0.1) is 34.5 Å². The first kappa shape index (κ1) is 27.1. The second-order valence-corrected chi connectivity index (χ2v) is 12.6. The van der Waals surface area contributed by atoms with Crippen LogP contribution in [0.3, 0.4) is 0 Å². The van der Waals surface area contributed by atoms with E-state index >= 15 is 0 Å². The Morgan fingerprint density at radius 3 is 2.37 bits per heavy atom. The van der Waals surface area contributed by atoms with Gasteiger partial charge < -0.3 is 25.6 Å². The van der Waals surface area contributed by atoms with Gasteiger partial charge >= 0.3 is 0 Å². The normalized spacial score (nSPS) is 28.7. The van der Waals surface area contributed by atoms with Crippen LogP contribution in [0.4, 0.5) is 0 Å². The Bertz CT molecular complexity index is 877. The first-order valence-electron chi connectivity index (χ1n) is 12.8. The van der Waals surface area contributed by atoms with Crippen molar-refractivity contribution in [3.63, 3.8) is 0 Å². The zero-order valence-electron chi connectivity index (χ0n) is 22.1. The number of carbonyl (C=O) groups is 5. The molecule has 196 valence electrons. The summed E-state index contributed by atoms with van der Waals surface area (Å²) in [7, 11) is 0. The van der Waals surface area contributed by atoms with Gasteiger partial charge in [-0.05, 0) is 41.4 Å². The summed E-state index contributed by atoms with van der Waals surface area (Å²) in [5.74, 6) is -0.897. The summed E-state index contributed by atoms with van der Waals surface area (Å²) < 4.78 is 0. The van der Waals surface area contributed by atoms with Gasteiger partial charge in [0.1, 0.15) is 18.4 Å². The number of aldehydes is 1. The van der Waals surface area contributed by atoms with E-state index in [1.54, 1.807) is 4.90 Å². The number of amides is 4. The quantitative estimate of drug-likeness (QED) is 0.420. The van der Waals surface area contributed by atoms with E-state index in [1.165, 1.54) is 0 Å². The highest BCUT2D eigenvalue weighted by molar-refractivity contribution is 5.94. The molecule has 1 saturated carbocycles. The van der Waals surface area contributed by atoms with Crippen molar-refractivity contribution >= 4 is 29.9 Å². The summed E-state index contributed by atoms with van der Waals surface area (Å²) in [5.41, 5.74) is -0.632. The predicted molar refractivity (Wildman–Crippen MR) is 131 cm³/mol. The third-order valence-electron chi connectivity index (χ3n) is 7.97. The number of hydrogen-bond acceptors (Lipinski definition) is 5. The van der Waals surface area contributed by atoms with Crippen molar-refractivity contribution in [2.75, 3.05) is 13.1 Å². The zero-order chi connectivity index (χ0) is 26.3. The van der Waals surface area contributed by atoms with Crippen LogP contribution in [-0.2, 0) is 24.0 Å². The summed E-state index contributed by atoms with van der Waals surface area (Å²) in [5, 5.41) is 8.48. The Kier molecular flexibility index (Phi) is 7.67. The summed E-state index contributed by atoms with van der Waals surface area (Å²) in [6, 6.07) is -2.28. The minimum absolute atomic E-state index is 0.0134. The molecule has 0 radical (unpaired) electrons. The molecular formula is C26H42N4O5. The Hall–Kier alpha value is -2.45. The molecule has 6 atom stereocenters. The highest BCUT2D eigenvalue weighted by atomic mass is 16.2. The number of piperidine rings is 1. The Labute approximate surface area is 208 Å². The highest BCUT2D eigenvalue weighted by Crippen LogP contribution is 2.65. The topological polar surface area (TPSA) is 125 Å². The van der Waals surface area contributed by atoms with E-state index in [1.807, 2.05) is 34.6 Å². The van der Waals surface area contributed by atoms with E-state index in [2.05, 4.69) is 29.8 Å². The van der Waals surface area contributed by atoms with E-state index in [9.17, 15) is 24.0 Å². The standard InChI is InChI=1S/C26H42N4O5/c1-14(2)10-18(32)29-21(25(3,4)5)24(35)30-12-17-19(26(17,6)7)20(30)23(34)28-16(13-31)11-15-8-9-27-22(15)33/h13-17,19-21H,8-12H2,1-7H3,(H,27,33)(H,28,34)(H,29,32)/t15-,16-,17-,19-,20-,21+/m0/s1. The van der Waals surface area contributed by atoms with Crippen molar-refractivity contribution < 1.29 is 24.0 Å². The molecule has 35 heavy (non-hydrogen) atoms. The molecule has 3 rings (SSSR count). The monoisotopic (exact) mass is 490 g/mol. The lowest BCUT2D eigenvalue weighted by molar-refractivity contribution is -0.146. The van der Waals surface area contributed by atoms with Crippen LogP contribution in [0.1, 0.15) is 67.7 Å². The van der Waals surface area contributed by atoms with Gasteiger partial charge in [0.05, 0.1) is 6.04 Å². The molecule has 4 amide bonds. The number of carbonyl (C=O) groups excluding carboxylic acids is 5. The molecule has 3 N–H and O–H groups in total. The smallest absolute Gasteiger partial charge is 0.246 e. The molecule has 3 fully saturated rings. The number of rotatable bonds is 9. The summed E-state index contributed by atoms with van der Waals surface area (Å²) in [4.78, 5) is 65.2. The average molecular weight is 491 g/mol. The van der Waals surface area contributed by atoms with Crippen molar-refractivity contribution in [3.05, 3.63) is 0 Å². The van der Waals surface area contributed by atoms with Gasteiger partial charge in [-0.3, -0.25) is 19.2 Å². The lowest BCUT2D eigenvalue weighted by Gasteiger charge is -2.38. The number of nitrogens with one attached hydrogen (secondary N) is 3. The van der Waals surface area contributed by atoms with Gasteiger partial charge in [-0.2, -0.15) is 0 Å². The molecule has 0 spiro atoms. The molecule has 0 bridgehead atoms. The molecule has 0 aromatic rings. The molecule has 0 aromatic heterocycles. The molecule has 0 unspecified atom stereocenters. The van der Waals surface area contributed by atoms with Gasteiger partial charge in [0.25, 0.3) is 0 Å².